The number of hydrogen-bond acceptors (Lipinski definition) is 2. The maximum atomic E-state index is 13.0. The van der Waals surface area contributed by atoms with Gasteiger partial charge in [0.2, 0.25) is 5.91 Å². The molecule has 4 heteroatoms. The fourth-order valence-electron chi connectivity index (χ4n) is 3.87. The molecule has 1 saturated carbocycles. The van der Waals surface area contributed by atoms with E-state index in [4.69, 9.17) is 11.6 Å². The van der Waals surface area contributed by atoms with Gasteiger partial charge in [-0.2, -0.15) is 0 Å². The van der Waals surface area contributed by atoms with Crippen molar-refractivity contribution in [3.05, 3.63) is 76.8 Å². The standard InChI is InChI=1S/C23H25ClN2O/c24-22-9-5-4-8-19(22)10-13-23(27)26-15-14-25(20-11-12-20)17-21(26)16-18-6-2-1-3-7-18/h1-10,13,20-21H,11-12,14-17H2/b13-10+. The van der Waals surface area contributed by atoms with Gasteiger partial charge in [-0.25, -0.2) is 0 Å². The van der Waals surface area contributed by atoms with Crippen LogP contribution >= 0.6 is 11.6 Å². The summed E-state index contributed by atoms with van der Waals surface area (Å²) in [5.74, 6) is 0.0753. The van der Waals surface area contributed by atoms with Crippen molar-refractivity contribution in [2.75, 3.05) is 19.6 Å². The van der Waals surface area contributed by atoms with Crippen LogP contribution in [0.5, 0.6) is 0 Å². The first-order valence-corrected chi connectivity index (χ1v) is 10.1. The monoisotopic (exact) mass is 380 g/mol. The molecule has 2 aliphatic rings. The fourth-order valence-corrected chi connectivity index (χ4v) is 4.07. The molecule has 1 heterocycles. The second-order valence-electron chi connectivity index (χ2n) is 7.46. The summed E-state index contributed by atoms with van der Waals surface area (Å²) >= 11 is 6.21. The van der Waals surface area contributed by atoms with Crippen LogP contribution in [0.15, 0.2) is 60.7 Å². The Kier molecular flexibility index (Phi) is 5.61. The maximum Gasteiger partial charge on any atom is 0.246 e. The Balaban J connectivity index is 1.49. The Morgan fingerprint density at radius 1 is 1.04 bits per heavy atom. The quantitative estimate of drug-likeness (QED) is 0.723. The molecule has 1 atom stereocenters. The number of carbonyl (C=O) groups excluding carboxylic acids is 1. The molecule has 4 rings (SSSR count). The maximum absolute atomic E-state index is 13.0. The third kappa shape index (κ3) is 4.60. The minimum absolute atomic E-state index is 0.0753. The molecule has 2 aromatic carbocycles. The number of rotatable bonds is 5. The van der Waals surface area contributed by atoms with E-state index in [1.807, 2.05) is 41.3 Å². The van der Waals surface area contributed by atoms with Crippen molar-refractivity contribution in [2.24, 2.45) is 0 Å². The molecule has 1 unspecified atom stereocenters. The van der Waals surface area contributed by atoms with E-state index in [0.717, 1.165) is 37.7 Å². The first-order valence-electron chi connectivity index (χ1n) is 9.72. The third-order valence-corrected chi connectivity index (χ3v) is 5.83. The number of amides is 1. The molecule has 140 valence electrons. The lowest BCUT2D eigenvalue weighted by atomic mass is 10.0. The van der Waals surface area contributed by atoms with Crippen LogP contribution in [0.25, 0.3) is 6.08 Å². The minimum atomic E-state index is 0.0753. The molecule has 27 heavy (non-hydrogen) atoms. The van der Waals surface area contributed by atoms with Crippen LogP contribution in [0.2, 0.25) is 5.02 Å². The first kappa shape index (κ1) is 18.3. The summed E-state index contributed by atoms with van der Waals surface area (Å²) in [7, 11) is 0. The van der Waals surface area contributed by atoms with Crippen molar-refractivity contribution in [3.8, 4) is 0 Å². The molecule has 1 aliphatic carbocycles. The van der Waals surface area contributed by atoms with Gasteiger partial charge in [0.15, 0.2) is 0 Å². The van der Waals surface area contributed by atoms with Crippen LogP contribution in [0.1, 0.15) is 24.0 Å². The molecule has 1 saturated heterocycles. The Labute approximate surface area is 166 Å². The predicted molar refractivity (Wildman–Crippen MR) is 111 cm³/mol. The Morgan fingerprint density at radius 3 is 2.52 bits per heavy atom. The van der Waals surface area contributed by atoms with Crippen molar-refractivity contribution in [3.63, 3.8) is 0 Å². The van der Waals surface area contributed by atoms with Gasteiger partial charge in [-0.1, -0.05) is 60.1 Å². The summed E-state index contributed by atoms with van der Waals surface area (Å²) in [6, 6.07) is 19.0. The van der Waals surface area contributed by atoms with Crippen molar-refractivity contribution >= 4 is 23.6 Å². The molecular weight excluding hydrogens is 356 g/mol. The van der Waals surface area contributed by atoms with Crippen molar-refractivity contribution in [2.45, 2.75) is 31.3 Å². The molecule has 2 fully saturated rings. The molecule has 0 aromatic heterocycles. The van der Waals surface area contributed by atoms with E-state index in [9.17, 15) is 4.79 Å². The lowest BCUT2D eigenvalue weighted by molar-refractivity contribution is -0.130. The second-order valence-corrected chi connectivity index (χ2v) is 7.86. The zero-order valence-electron chi connectivity index (χ0n) is 15.4. The van der Waals surface area contributed by atoms with E-state index >= 15 is 0 Å². The molecule has 2 aromatic rings. The minimum Gasteiger partial charge on any atom is -0.333 e. The summed E-state index contributed by atoms with van der Waals surface area (Å²) in [6.07, 6.45) is 7.01. The summed E-state index contributed by atoms with van der Waals surface area (Å²) in [5, 5.41) is 0.668. The molecule has 0 N–H and O–H groups in total. The lowest BCUT2D eigenvalue weighted by Crippen LogP contribution is -2.56. The zero-order chi connectivity index (χ0) is 18.6. The zero-order valence-corrected chi connectivity index (χ0v) is 16.2. The molecule has 3 nitrogen and oxygen atoms in total. The van der Waals surface area contributed by atoms with E-state index in [0.29, 0.717) is 5.02 Å². The highest BCUT2D eigenvalue weighted by atomic mass is 35.5. The normalized spacial score (nSPS) is 20.9. The summed E-state index contributed by atoms with van der Waals surface area (Å²) in [4.78, 5) is 17.6. The molecule has 1 aliphatic heterocycles. The van der Waals surface area contributed by atoms with Gasteiger partial charge in [-0.3, -0.25) is 9.69 Å². The van der Waals surface area contributed by atoms with Crippen molar-refractivity contribution < 1.29 is 4.79 Å². The molecule has 0 radical (unpaired) electrons. The van der Waals surface area contributed by atoms with Gasteiger partial charge in [0, 0.05) is 42.8 Å². The molecular formula is C23H25ClN2O. The summed E-state index contributed by atoms with van der Waals surface area (Å²) < 4.78 is 0. The Hall–Kier alpha value is -2.10. The Morgan fingerprint density at radius 2 is 1.78 bits per heavy atom. The van der Waals surface area contributed by atoms with Crippen molar-refractivity contribution in [1.82, 2.24) is 9.80 Å². The van der Waals surface area contributed by atoms with Crippen LogP contribution < -0.4 is 0 Å². The molecule has 0 bridgehead atoms. The number of hydrogen-bond donors (Lipinski definition) is 0. The average molecular weight is 381 g/mol. The summed E-state index contributed by atoms with van der Waals surface area (Å²) in [5.41, 5.74) is 2.16. The van der Waals surface area contributed by atoms with E-state index in [1.54, 1.807) is 6.08 Å². The van der Waals surface area contributed by atoms with Gasteiger partial charge in [0.25, 0.3) is 0 Å². The number of halogens is 1. The topological polar surface area (TPSA) is 23.6 Å². The number of carbonyl (C=O) groups is 1. The van der Waals surface area contributed by atoms with E-state index in [2.05, 4.69) is 29.2 Å². The van der Waals surface area contributed by atoms with Gasteiger partial charge in [0.05, 0.1) is 0 Å². The van der Waals surface area contributed by atoms with Crippen LogP contribution in [0.3, 0.4) is 0 Å². The van der Waals surface area contributed by atoms with Gasteiger partial charge in [0.1, 0.15) is 0 Å². The number of nitrogens with zero attached hydrogens (tertiary/aromatic N) is 2. The smallest absolute Gasteiger partial charge is 0.246 e. The van der Waals surface area contributed by atoms with E-state index in [1.165, 1.54) is 18.4 Å². The molecule has 0 spiro atoms. The highest BCUT2D eigenvalue weighted by Crippen LogP contribution is 2.29. The number of benzene rings is 2. The van der Waals surface area contributed by atoms with Crippen LogP contribution in [0.4, 0.5) is 0 Å². The highest BCUT2D eigenvalue weighted by Gasteiger charge is 2.36. The van der Waals surface area contributed by atoms with E-state index < -0.39 is 0 Å². The molecule has 1 amide bonds. The first-order chi connectivity index (χ1) is 13.2. The van der Waals surface area contributed by atoms with Gasteiger partial charge >= 0.3 is 0 Å². The van der Waals surface area contributed by atoms with Gasteiger partial charge < -0.3 is 4.90 Å². The number of piperazine rings is 1. The van der Waals surface area contributed by atoms with Crippen molar-refractivity contribution in [1.29, 1.82) is 0 Å². The lowest BCUT2D eigenvalue weighted by Gasteiger charge is -2.41. The van der Waals surface area contributed by atoms with Gasteiger partial charge in [-0.15, -0.1) is 0 Å². The predicted octanol–water partition coefficient (Wildman–Crippen LogP) is 4.27. The highest BCUT2D eigenvalue weighted by molar-refractivity contribution is 6.32. The Bertz CT molecular complexity index is 816. The van der Waals surface area contributed by atoms with Crippen LogP contribution in [-0.4, -0.2) is 47.4 Å². The van der Waals surface area contributed by atoms with E-state index in [-0.39, 0.29) is 11.9 Å². The summed E-state index contributed by atoms with van der Waals surface area (Å²) in [6.45, 7) is 2.73. The van der Waals surface area contributed by atoms with Crippen LogP contribution in [-0.2, 0) is 11.2 Å². The third-order valence-electron chi connectivity index (χ3n) is 5.49. The largest absolute Gasteiger partial charge is 0.333 e. The SMILES string of the molecule is O=C(/C=C/c1ccccc1Cl)N1CCN(C2CC2)CC1Cc1ccccc1. The second kappa shape index (κ2) is 8.28. The van der Waals surface area contributed by atoms with Crippen LogP contribution in [0, 0.1) is 0 Å². The average Bonchev–Trinajstić information content (AvgIpc) is 3.53. The fraction of sp³-hybridized carbons (Fsp3) is 0.348. The van der Waals surface area contributed by atoms with Gasteiger partial charge in [-0.05, 0) is 42.5 Å².